The Morgan fingerprint density at radius 1 is 1.45 bits per heavy atom. The van der Waals surface area contributed by atoms with E-state index in [1.807, 2.05) is 0 Å². The lowest BCUT2D eigenvalue weighted by atomic mass is 10.1. The zero-order valence-electron chi connectivity index (χ0n) is 12.5. The summed E-state index contributed by atoms with van der Waals surface area (Å²) < 4.78 is 18.7. The van der Waals surface area contributed by atoms with Gasteiger partial charge in [-0.15, -0.1) is 11.8 Å². The number of aryl methyl sites for hydroxylation is 1. The van der Waals surface area contributed by atoms with Gasteiger partial charge in [-0.3, -0.25) is 4.79 Å². The number of rotatable bonds is 4. The second kappa shape index (κ2) is 6.59. The average Bonchev–Trinajstić information content (AvgIpc) is 2.27. The van der Waals surface area contributed by atoms with Crippen LogP contribution in [0.2, 0.25) is 0 Å². The molecule has 0 radical (unpaired) electrons. The first-order valence-electron chi connectivity index (χ1n) is 6.43. The maximum Gasteiger partial charge on any atom is 0.316 e. The van der Waals surface area contributed by atoms with Crippen molar-refractivity contribution in [2.24, 2.45) is 0 Å². The number of esters is 1. The molecule has 5 heteroatoms. The third-order valence-corrected chi connectivity index (χ3v) is 3.55. The van der Waals surface area contributed by atoms with Crippen molar-refractivity contribution < 1.29 is 19.0 Å². The molecule has 0 aliphatic rings. The van der Waals surface area contributed by atoms with Gasteiger partial charge >= 0.3 is 5.97 Å². The summed E-state index contributed by atoms with van der Waals surface area (Å²) in [7, 11) is 0. The van der Waals surface area contributed by atoms with E-state index in [1.54, 1.807) is 40.7 Å². The molecule has 1 N–H and O–H groups in total. The maximum absolute atomic E-state index is 13.5. The Morgan fingerprint density at radius 2 is 2.05 bits per heavy atom. The maximum atomic E-state index is 13.5. The molecular formula is C15H21FO3S. The van der Waals surface area contributed by atoms with Crippen molar-refractivity contribution in [3.05, 3.63) is 29.1 Å². The number of aliphatic hydroxyl groups is 1. The van der Waals surface area contributed by atoms with Crippen LogP contribution in [0.3, 0.4) is 0 Å². The van der Waals surface area contributed by atoms with Gasteiger partial charge in [0.1, 0.15) is 11.4 Å². The highest BCUT2D eigenvalue weighted by Crippen LogP contribution is 2.30. The molecule has 20 heavy (non-hydrogen) atoms. The number of carbonyl (C=O) groups is 1. The highest BCUT2D eigenvalue weighted by Gasteiger charge is 2.18. The van der Waals surface area contributed by atoms with E-state index >= 15 is 0 Å². The second-order valence-corrected chi connectivity index (χ2v) is 6.71. The van der Waals surface area contributed by atoms with Crippen molar-refractivity contribution in [1.82, 2.24) is 0 Å². The first-order chi connectivity index (χ1) is 9.10. The number of carbonyl (C=O) groups excluding carboxylic acids is 1. The van der Waals surface area contributed by atoms with Gasteiger partial charge in [0, 0.05) is 4.90 Å². The molecule has 0 aliphatic heterocycles. The Labute approximate surface area is 123 Å². The predicted molar refractivity (Wildman–Crippen MR) is 78.3 cm³/mol. The van der Waals surface area contributed by atoms with Crippen LogP contribution in [0.5, 0.6) is 0 Å². The lowest BCUT2D eigenvalue weighted by molar-refractivity contribution is -0.151. The van der Waals surface area contributed by atoms with Gasteiger partial charge in [-0.05, 0) is 57.9 Å². The first kappa shape index (κ1) is 17.0. The lowest BCUT2D eigenvalue weighted by Gasteiger charge is -2.19. The largest absolute Gasteiger partial charge is 0.459 e. The van der Waals surface area contributed by atoms with E-state index < -0.39 is 11.7 Å². The fourth-order valence-electron chi connectivity index (χ4n) is 1.63. The van der Waals surface area contributed by atoms with Crippen molar-refractivity contribution >= 4 is 17.7 Å². The Balaban J connectivity index is 2.82. The molecule has 0 heterocycles. The molecule has 0 bridgehead atoms. The summed E-state index contributed by atoms with van der Waals surface area (Å²) in [5.74, 6) is -0.564. The number of halogens is 1. The zero-order valence-corrected chi connectivity index (χ0v) is 13.3. The van der Waals surface area contributed by atoms with Gasteiger partial charge in [0.25, 0.3) is 0 Å². The minimum atomic E-state index is -0.786. The van der Waals surface area contributed by atoms with Crippen LogP contribution in [-0.2, 0) is 9.53 Å². The summed E-state index contributed by atoms with van der Waals surface area (Å²) >= 11 is 1.25. The van der Waals surface area contributed by atoms with Crippen LogP contribution in [0.25, 0.3) is 0 Å². The molecule has 0 aliphatic carbocycles. The van der Waals surface area contributed by atoms with Crippen molar-refractivity contribution in [3.8, 4) is 0 Å². The third kappa shape index (κ3) is 5.13. The lowest BCUT2D eigenvalue weighted by Crippen LogP contribution is -2.24. The normalized spacial score (nSPS) is 13.2. The van der Waals surface area contributed by atoms with E-state index in [1.165, 1.54) is 17.8 Å². The van der Waals surface area contributed by atoms with E-state index in [0.29, 0.717) is 16.0 Å². The molecule has 1 atom stereocenters. The van der Waals surface area contributed by atoms with E-state index in [0.717, 1.165) is 0 Å². The van der Waals surface area contributed by atoms with E-state index in [9.17, 15) is 14.3 Å². The molecule has 1 aromatic rings. The minimum Gasteiger partial charge on any atom is -0.459 e. The molecule has 0 amide bonds. The van der Waals surface area contributed by atoms with Crippen LogP contribution in [0.4, 0.5) is 4.39 Å². The van der Waals surface area contributed by atoms with E-state index in [2.05, 4.69) is 0 Å². The van der Waals surface area contributed by atoms with Crippen LogP contribution in [0.15, 0.2) is 17.0 Å². The number of hydrogen-bond acceptors (Lipinski definition) is 4. The molecule has 0 fully saturated rings. The predicted octanol–water partition coefficient (Wildman–Crippen LogP) is 3.62. The number of ether oxygens (including phenoxy) is 1. The molecule has 3 nitrogen and oxygen atoms in total. The summed E-state index contributed by atoms with van der Waals surface area (Å²) in [6.07, 6.45) is -0.786. The summed E-state index contributed by atoms with van der Waals surface area (Å²) in [6.45, 7) is 8.64. The third-order valence-electron chi connectivity index (χ3n) is 2.51. The summed E-state index contributed by atoms with van der Waals surface area (Å²) in [4.78, 5) is 12.4. The molecule has 112 valence electrons. The highest BCUT2D eigenvalue weighted by molar-refractivity contribution is 8.00. The Morgan fingerprint density at radius 3 is 2.55 bits per heavy atom. The number of benzene rings is 1. The van der Waals surface area contributed by atoms with Crippen LogP contribution >= 0.6 is 11.8 Å². The quantitative estimate of drug-likeness (QED) is 0.681. The molecule has 1 aromatic carbocycles. The monoisotopic (exact) mass is 300 g/mol. The summed E-state index contributed by atoms with van der Waals surface area (Å²) in [6, 6.07) is 2.96. The molecule has 0 saturated heterocycles. The number of thioether (sulfide) groups is 1. The number of aliphatic hydroxyl groups excluding tert-OH is 1. The van der Waals surface area contributed by atoms with Gasteiger partial charge in [0.15, 0.2) is 0 Å². The van der Waals surface area contributed by atoms with E-state index in [4.69, 9.17) is 4.74 Å². The van der Waals surface area contributed by atoms with Crippen LogP contribution in [0.1, 0.15) is 44.9 Å². The molecule has 0 spiro atoms. The van der Waals surface area contributed by atoms with Gasteiger partial charge in [0.2, 0.25) is 0 Å². The Kier molecular flexibility index (Phi) is 5.59. The van der Waals surface area contributed by atoms with Crippen molar-refractivity contribution in [2.75, 3.05) is 5.75 Å². The zero-order chi connectivity index (χ0) is 15.5. The second-order valence-electron chi connectivity index (χ2n) is 5.69. The van der Waals surface area contributed by atoms with E-state index in [-0.39, 0.29) is 17.5 Å². The molecule has 0 aromatic heterocycles. The van der Waals surface area contributed by atoms with Gasteiger partial charge in [-0.2, -0.15) is 0 Å². The number of hydrogen-bond donors (Lipinski definition) is 1. The molecular weight excluding hydrogens is 279 g/mol. The fourth-order valence-corrected chi connectivity index (χ4v) is 2.62. The van der Waals surface area contributed by atoms with Crippen molar-refractivity contribution in [2.45, 2.75) is 51.2 Å². The molecule has 0 unspecified atom stereocenters. The average molecular weight is 300 g/mol. The smallest absolute Gasteiger partial charge is 0.316 e. The summed E-state index contributed by atoms with van der Waals surface area (Å²) in [5.41, 5.74) is 0.450. The van der Waals surface area contributed by atoms with Crippen molar-refractivity contribution in [3.63, 3.8) is 0 Å². The fraction of sp³-hybridized carbons (Fsp3) is 0.533. The standard InChI is InChI=1S/C15H21FO3S/c1-9-6-13(11(10(2)17)7-12(9)16)20-8-14(18)19-15(3,4)5/h6-7,10,17H,8H2,1-5H3/t10-/m0/s1. The minimum absolute atomic E-state index is 0.127. The highest BCUT2D eigenvalue weighted by atomic mass is 32.2. The topological polar surface area (TPSA) is 46.5 Å². The molecule has 1 rings (SSSR count). The van der Waals surface area contributed by atoms with Gasteiger partial charge in [-0.1, -0.05) is 0 Å². The van der Waals surface area contributed by atoms with Crippen molar-refractivity contribution in [1.29, 1.82) is 0 Å². The van der Waals surface area contributed by atoms with Crippen LogP contribution in [0, 0.1) is 12.7 Å². The van der Waals surface area contributed by atoms with Gasteiger partial charge < -0.3 is 9.84 Å². The van der Waals surface area contributed by atoms with Crippen LogP contribution in [-0.4, -0.2) is 22.4 Å². The van der Waals surface area contributed by atoms with Crippen LogP contribution < -0.4 is 0 Å². The van der Waals surface area contributed by atoms with Gasteiger partial charge in [0.05, 0.1) is 11.9 Å². The Hall–Kier alpha value is -1.07. The molecule has 0 saturated carbocycles. The SMILES string of the molecule is Cc1cc(SCC(=O)OC(C)(C)C)c([C@H](C)O)cc1F. The first-order valence-corrected chi connectivity index (χ1v) is 7.41. The summed E-state index contributed by atoms with van der Waals surface area (Å²) in [5, 5.41) is 9.68. The van der Waals surface area contributed by atoms with Gasteiger partial charge in [-0.25, -0.2) is 4.39 Å². The Bertz CT molecular complexity index is 493.